The van der Waals surface area contributed by atoms with Gasteiger partial charge in [-0.2, -0.15) is 0 Å². The first-order chi connectivity index (χ1) is 9.78. The summed E-state index contributed by atoms with van der Waals surface area (Å²) in [6, 6.07) is 18.6. The van der Waals surface area contributed by atoms with Crippen molar-refractivity contribution in [2.45, 2.75) is 19.6 Å². The third-order valence-corrected chi connectivity index (χ3v) is 3.06. The summed E-state index contributed by atoms with van der Waals surface area (Å²) in [5.74, 6) is 0. The first kappa shape index (κ1) is 14.1. The fourth-order valence-electron chi connectivity index (χ4n) is 2.20. The lowest BCUT2D eigenvalue weighted by Crippen LogP contribution is -2.17. The van der Waals surface area contributed by atoms with Crippen molar-refractivity contribution in [3.63, 3.8) is 0 Å². The third kappa shape index (κ3) is 4.43. The van der Waals surface area contributed by atoms with E-state index < -0.39 is 0 Å². The zero-order valence-corrected chi connectivity index (χ0v) is 11.6. The third-order valence-electron chi connectivity index (χ3n) is 3.06. The summed E-state index contributed by atoms with van der Waals surface area (Å²) >= 11 is 0. The second kappa shape index (κ2) is 7.34. The predicted octanol–water partition coefficient (Wildman–Crippen LogP) is 4.13. The number of nitrogens with zero attached hydrogens (tertiary/aromatic N) is 4. The Morgan fingerprint density at radius 1 is 0.950 bits per heavy atom. The average molecular weight is 266 g/mol. The van der Waals surface area contributed by atoms with Gasteiger partial charge in [0.1, 0.15) is 0 Å². The Morgan fingerprint density at radius 2 is 1.60 bits per heavy atom. The van der Waals surface area contributed by atoms with Crippen LogP contribution in [0.25, 0.3) is 10.4 Å². The van der Waals surface area contributed by atoms with Crippen molar-refractivity contribution >= 4 is 0 Å². The Morgan fingerprint density at radius 3 is 2.35 bits per heavy atom. The molecule has 2 rings (SSSR count). The molecule has 0 aromatic heterocycles. The first-order valence-electron chi connectivity index (χ1n) is 6.59. The lowest BCUT2D eigenvalue weighted by atomic mass is 10.1. The molecule has 2 aromatic carbocycles. The van der Waals surface area contributed by atoms with Crippen molar-refractivity contribution in [2.24, 2.45) is 5.11 Å². The summed E-state index contributed by atoms with van der Waals surface area (Å²) in [4.78, 5) is 5.06. The molecule has 0 aliphatic carbocycles. The van der Waals surface area contributed by atoms with Crippen LogP contribution in [-0.4, -0.2) is 11.9 Å². The number of rotatable bonds is 6. The molecule has 0 radical (unpaired) electrons. The van der Waals surface area contributed by atoms with E-state index in [1.165, 1.54) is 11.1 Å². The van der Waals surface area contributed by atoms with E-state index in [0.29, 0.717) is 6.54 Å². The molecule has 0 spiro atoms. The second-order valence-electron chi connectivity index (χ2n) is 4.87. The minimum absolute atomic E-state index is 0.409. The highest BCUT2D eigenvalue weighted by atomic mass is 15.1. The molecule has 0 fully saturated rings. The number of hydrogen-bond donors (Lipinski definition) is 0. The maximum Gasteiger partial charge on any atom is 0.0510 e. The standard InChI is InChI=1S/C16H18N4/c1-20(12-14-6-3-2-4-7-14)13-16-9-5-8-15(10-16)11-18-19-17/h2-10H,11-13H2,1H3. The van der Waals surface area contributed by atoms with E-state index in [4.69, 9.17) is 5.53 Å². The Bertz CT molecular complexity index is 588. The minimum atomic E-state index is 0.409. The molecule has 4 nitrogen and oxygen atoms in total. The van der Waals surface area contributed by atoms with Crippen LogP contribution in [0.1, 0.15) is 16.7 Å². The van der Waals surface area contributed by atoms with E-state index in [9.17, 15) is 0 Å². The molecule has 0 saturated carbocycles. The van der Waals surface area contributed by atoms with E-state index in [1.54, 1.807) is 0 Å². The van der Waals surface area contributed by atoms with Crippen LogP contribution < -0.4 is 0 Å². The van der Waals surface area contributed by atoms with Gasteiger partial charge in [-0.3, -0.25) is 4.90 Å². The van der Waals surface area contributed by atoms with E-state index in [0.717, 1.165) is 18.7 Å². The highest BCUT2D eigenvalue weighted by Crippen LogP contribution is 2.11. The molecule has 0 unspecified atom stereocenters. The molecule has 0 amide bonds. The molecule has 0 aliphatic rings. The van der Waals surface area contributed by atoms with Crippen molar-refractivity contribution in [1.82, 2.24) is 4.90 Å². The highest BCUT2D eigenvalue weighted by Gasteiger charge is 2.02. The SMILES string of the molecule is CN(Cc1ccccc1)Cc1cccc(CN=[N+]=[N-])c1. The molecule has 0 N–H and O–H groups in total. The summed E-state index contributed by atoms with van der Waals surface area (Å²) in [5, 5.41) is 3.60. The van der Waals surface area contributed by atoms with Gasteiger partial charge in [-0.05, 0) is 29.3 Å². The Hall–Kier alpha value is -2.29. The maximum atomic E-state index is 8.36. The molecule has 0 atom stereocenters. The summed E-state index contributed by atoms with van der Waals surface area (Å²) in [6.07, 6.45) is 0. The van der Waals surface area contributed by atoms with Crippen molar-refractivity contribution in [1.29, 1.82) is 0 Å². The lowest BCUT2D eigenvalue weighted by molar-refractivity contribution is 0.319. The van der Waals surface area contributed by atoms with Gasteiger partial charge in [-0.25, -0.2) is 0 Å². The van der Waals surface area contributed by atoms with Crippen LogP contribution >= 0.6 is 0 Å². The number of benzene rings is 2. The van der Waals surface area contributed by atoms with Gasteiger partial charge in [0.15, 0.2) is 0 Å². The van der Waals surface area contributed by atoms with Gasteiger partial charge < -0.3 is 0 Å². The molecule has 0 heterocycles. The van der Waals surface area contributed by atoms with E-state index in [2.05, 4.69) is 58.4 Å². The molecule has 0 aliphatic heterocycles. The summed E-state index contributed by atoms with van der Waals surface area (Å²) < 4.78 is 0. The number of hydrogen-bond acceptors (Lipinski definition) is 2. The van der Waals surface area contributed by atoms with Crippen LogP contribution in [0.15, 0.2) is 59.7 Å². The maximum absolute atomic E-state index is 8.36. The molecular weight excluding hydrogens is 248 g/mol. The summed E-state index contributed by atoms with van der Waals surface area (Å²) in [6.45, 7) is 2.20. The van der Waals surface area contributed by atoms with Crippen molar-refractivity contribution in [3.8, 4) is 0 Å². The molecule has 2 aromatic rings. The molecule has 0 saturated heterocycles. The summed E-state index contributed by atoms with van der Waals surface area (Å²) in [5.41, 5.74) is 11.9. The Kier molecular flexibility index (Phi) is 5.18. The fraction of sp³-hybridized carbons (Fsp3) is 0.250. The Balaban J connectivity index is 1.97. The quantitative estimate of drug-likeness (QED) is 0.440. The van der Waals surface area contributed by atoms with Crippen LogP contribution in [-0.2, 0) is 19.6 Å². The fourth-order valence-corrected chi connectivity index (χ4v) is 2.20. The first-order valence-corrected chi connectivity index (χ1v) is 6.59. The van der Waals surface area contributed by atoms with Gasteiger partial charge in [-0.1, -0.05) is 59.7 Å². The van der Waals surface area contributed by atoms with Gasteiger partial charge in [0.25, 0.3) is 0 Å². The van der Waals surface area contributed by atoms with E-state index in [-0.39, 0.29) is 0 Å². The van der Waals surface area contributed by atoms with Crippen LogP contribution in [0.2, 0.25) is 0 Å². The van der Waals surface area contributed by atoms with Crippen molar-refractivity contribution in [3.05, 3.63) is 81.7 Å². The zero-order valence-electron chi connectivity index (χ0n) is 11.6. The second-order valence-corrected chi connectivity index (χ2v) is 4.87. The predicted molar refractivity (Wildman–Crippen MR) is 80.9 cm³/mol. The summed E-state index contributed by atoms with van der Waals surface area (Å²) in [7, 11) is 2.10. The van der Waals surface area contributed by atoms with Gasteiger partial charge in [0.05, 0.1) is 6.54 Å². The van der Waals surface area contributed by atoms with Crippen LogP contribution in [0.3, 0.4) is 0 Å². The van der Waals surface area contributed by atoms with Gasteiger partial charge in [0, 0.05) is 18.0 Å². The monoisotopic (exact) mass is 266 g/mol. The van der Waals surface area contributed by atoms with Gasteiger partial charge in [-0.15, -0.1) is 0 Å². The number of azide groups is 1. The molecule has 4 heteroatoms. The van der Waals surface area contributed by atoms with Crippen molar-refractivity contribution < 1.29 is 0 Å². The van der Waals surface area contributed by atoms with Gasteiger partial charge >= 0.3 is 0 Å². The molecule has 102 valence electrons. The lowest BCUT2D eigenvalue weighted by Gasteiger charge is -2.17. The Labute approximate surface area is 119 Å². The van der Waals surface area contributed by atoms with Gasteiger partial charge in [0.2, 0.25) is 0 Å². The van der Waals surface area contributed by atoms with Crippen LogP contribution in [0, 0.1) is 0 Å². The van der Waals surface area contributed by atoms with Crippen LogP contribution in [0.5, 0.6) is 0 Å². The minimum Gasteiger partial charge on any atom is -0.298 e. The normalized spacial score (nSPS) is 10.3. The van der Waals surface area contributed by atoms with E-state index >= 15 is 0 Å². The molecular formula is C16H18N4. The van der Waals surface area contributed by atoms with E-state index in [1.807, 2.05) is 18.2 Å². The topological polar surface area (TPSA) is 52.0 Å². The van der Waals surface area contributed by atoms with Crippen LogP contribution in [0.4, 0.5) is 0 Å². The highest BCUT2D eigenvalue weighted by molar-refractivity contribution is 5.23. The molecule has 20 heavy (non-hydrogen) atoms. The van der Waals surface area contributed by atoms with Crippen molar-refractivity contribution in [2.75, 3.05) is 7.05 Å². The smallest absolute Gasteiger partial charge is 0.0510 e. The average Bonchev–Trinajstić information content (AvgIpc) is 2.46. The largest absolute Gasteiger partial charge is 0.298 e. The molecule has 0 bridgehead atoms. The zero-order chi connectivity index (χ0) is 14.2.